The van der Waals surface area contributed by atoms with Crippen molar-refractivity contribution in [3.05, 3.63) is 29.1 Å². The Morgan fingerprint density at radius 3 is 2.48 bits per heavy atom. The number of amides is 1. The van der Waals surface area contributed by atoms with Crippen molar-refractivity contribution >= 4 is 11.6 Å². The van der Waals surface area contributed by atoms with Crippen LogP contribution in [0.15, 0.2) is 12.1 Å². The molecule has 0 unspecified atom stereocenters. The quantitative estimate of drug-likeness (QED) is 0.587. The summed E-state index contributed by atoms with van der Waals surface area (Å²) in [6.07, 6.45) is 0.704. The number of hydrogen-bond donors (Lipinski definition) is 1. The van der Waals surface area contributed by atoms with Gasteiger partial charge in [-0.15, -0.1) is 0 Å². The fourth-order valence-corrected chi connectivity index (χ4v) is 1.92. The predicted molar refractivity (Wildman–Crippen MR) is 79.8 cm³/mol. The second-order valence-corrected chi connectivity index (χ2v) is 4.80. The first-order valence-electron chi connectivity index (χ1n) is 6.84. The highest BCUT2D eigenvalue weighted by Crippen LogP contribution is 2.19. The highest BCUT2D eigenvalue weighted by molar-refractivity contribution is 5.95. The third-order valence-corrected chi connectivity index (χ3v) is 3.26. The standard InChI is InChI=1S/C15H23FN2O3/c1-11-13(16)9-12(10-14(11)17)15(19)18(6-8-21-3)5-4-7-20-2/h9-10H,4-8,17H2,1-3H3. The van der Waals surface area contributed by atoms with E-state index in [1.165, 1.54) is 12.1 Å². The molecule has 0 atom stereocenters. The van der Waals surface area contributed by atoms with Gasteiger partial charge in [0.25, 0.3) is 5.91 Å². The first-order valence-corrected chi connectivity index (χ1v) is 6.84. The van der Waals surface area contributed by atoms with Gasteiger partial charge >= 0.3 is 0 Å². The zero-order valence-electron chi connectivity index (χ0n) is 12.8. The molecule has 118 valence electrons. The van der Waals surface area contributed by atoms with Crippen LogP contribution in [0.5, 0.6) is 0 Å². The number of halogens is 1. The van der Waals surface area contributed by atoms with Crippen LogP contribution >= 0.6 is 0 Å². The van der Waals surface area contributed by atoms with Gasteiger partial charge in [0.2, 0.25) is 0 Å². The summed E-state index contributed by atoms with van der Waals surface area (Å²) in [5, 5.41) is 0. The molecule has 0 aliphatic heterocycles. The van der Waals surface area contributed by atoms with E-state index < -0.39 is 5.82 Å². The summed E-state index contributed by atoms with van der Waals surface area (Å²) >= 11 is 0. The molecular weight excluding hydrogens is 275 g/mol. The number of carbonyl (C=O) groups is 1. The Balaban J connectivity index is 2.87. The predicted octanol–water partition coefficient (Wildman–Crippen LogP) is 1.84. The Kier molecular flexibility index (Phi) is 7.11. The Hall–Kier alpha value is -1.66. The molecule has 5 nitrogen and oxygen atoms in total. The van der Waals surface area contributed by atoms with Gasteiger partial charge in [-0.25, -0.2) is 4.39 Å². The monoisotopic (exact) mass is 298 g/mol. The molecule has 1 rings (SSSR count). The average molecular weight is 298 g/mol. The van der Waals surface area contributed by atoms with E-state index in [0.29, 0.717) is 38.3 Å². The first kappa shape index (κ1) is 17.4. The van der Waals surface area contributed by atoms with Crippen LogP contribution in [-0.4, -0.2) is 51.3 Å². The fourth-order valence-electron chi connectivity index (χ4n) is 1.92. The van der Waals surface area contributed by atoms with Crippen LogP contribution in [0.1, 0.15) is 22.3 Å². The van der Waals surface area contributed by atoms with Crippen LogP contribution in [0.2, 0.25) is 0 Å². The molecule has 1 amide bonds. The van der Waals surface area contributed by atoms with Gasteiger partial charge in [0, 0.05) is 50.7 Å². The third-order valence-electron chi connectivity index (χ3n) is 3.26. The van der Waals surface area contributed by atoms with Gasteiger partial charge in [-0.2, -0.15) is 0 Å². The summed E-state index contributed by atoms with van der Waals surface area (Å²) in [7, 11) is 3.18. The van der Waals surface area contributed by atoms with E-state index in [0.717, 1.165) is 0 Å². The first-order chi connectivity index (χ1) is 10.0. The number of nitrogens with two attached hydrogens (primary N) is 1. The van der Waals surface area contributed by atoms with Crippen LogP contribution in [0.25, 0.3) is 0 Å². The Morgan fingerprint density at radius 1 is 1.24 bits per heavy atom. The summed E-state index contributed by atoms with van der Waals surface area (Å²) in [6.45, 7) is 3.52. The van der Waals surface area contributed by atoms with Crippen molar-refractivity contribution < 1.29 is 18.7 Å². The van der Waals surface area contributed by atoms with Crippen molar-refractivity contribution in [1.82, 2.24) is 4.90 Å². The van der Waals surface area contributed by atoms with Gasteiger partial charge in [-0.1, -0.05) is 0 Å². The van der Waals surface area contributed by atoms with Crippen LogP contribution in [-0.2, 0) is 9.47 Å². The molecule has 0 spiro atoms. The second-order valence-electron chi connectivity index (χ2n) is 4.80. The zero-order chi connectivity index (χ0) is 15.8. The zero-order valence-corrected chi connectivity index (χ0v) is 12.8. The third kappa shape index (κ3) is 4.99. The largest absolute Gasteiger partial charge is 0.398 e. The van der Waals surface area contributed by atoms with Gasteiger partial charge in [0.1, 0.15) is 5.82 Å². The normalized spacial score (nSPS) is 10.7. The lowest BCUT2D eigenvalue weighted by Gasteiger charge is -2.22. The minimum atomic E-state index is -0.470. The number of hydrogen-bond acceptors (Lipinski definition) is 4. The second kappa shape index (κ2) is 8.59. The van der Waals surface area contributed by atoms with Crippen LogP contribution in [0.4, 0.5) is 10.1 Å². The summed E-state index contributed by atoms with van der Waals surface area (Å²) in [5.74, 6) is -0.726. The fraction of sp³-hybridized carbons (Fsp3) is 0.533. The molecule has 0 fully saturated rings. The maximum absolute atomic E-state index is 13.7. The topological polar surface area (TPSA) is 64.8 Å². The number of carbonyl (C=O) groups excluding carboxylic acids is 1. The summed E-state index contributed by atoms with van der Waals surface area (Å²) < 4.78 is 23.7. The highest BCUT2D eigenvalue weighted by Gasteiger charge is 2.17. The molecular formula is C15H23FN2O3. The Morgan fingerprint density at radius 2 is 1.90 bits per heavy atom. The molecule has 0 aromatic heterocycles. The molecule has 21 heavy (non-hydrogen) atoms. The van der Waals surface area contributed by atoms with Crippen molar-refractivity contribution in [1.29, 1.82) is 0 Å². The van der Waals surface area contributed by atoms with Crippen molar-refractivity contribution in [3.63, 3.8) is 0 Å². The Labute approximate surface area is 124 Å². The van der Waals surface area contributed by atoms with Crippen molar-refractivity contribution in [2.45, 2.75) is 13.3 Å². The van der Waals surface area contributed by atoms with Crippen molar-refractivity contribution in [2.75, 3.05) is 46.3 Å². The van der Waals surface area contributed by atoms with Crippen LogP contribution in [0, 0.1) is 12.7 Å². The van der Waals surface area contributed by atoms with E-state index in [2.05, 4.69) is 0 Å². The Bertz CT molecular complexity index is 457. The lowest BCUT2D eigenvalue weighted by Crippen LogP contribution is -2.35. The number of methoxy groups -OCH3 is 2. The highest BCUT2D eigenvalue weighted by atomic mass is 19.1. The van der Waals surface area contributed by atoms with Gasteiger partial charge in [0.05, 0.1) is 6.61 Å². The number of nitrogens with zero attached hydrogens (tertiary/aromatic N) is 1. The van der Waals surface area contributed by atoms with Gasteiger partial charge in [-0.05, 0) is 25.5 Å². The molecule has 0 aliphatic rings. The van der Waals surface area contributed by atoms with E-state index in [1.54, 1.807) is 26.0 Å². The molecule has 0 heterocycles. The van der Waals surface area contributed by atoms with Gasteiger partial charge < -0.3 is 20.1 Å². The number of nitrogen functional groups attached to an aromatic ring is 1. The number of rotatable bonds is 8. The minimum absolute atomic E-state index is 0.254. The molecule has 0 bridgehead atoms. The van der Waals surface area contributed by atoms with E-state index in [-0.39, 0.29) is 17.2 Å². The van der Waals surface area contributed by atoms with E-state index in [4.69, 9.17) is 15.2 Å². The molecule has 0 aliphatic carbocycles. The molecule has 6 heteroatoms. The summed E-state index contributed by atoms with van der Waals surface area (Å²) in [4.78, 5) is 14.1. The molecule has 0 radical (unpaired) electrons. The van der Waals surface area contributed by atoms with E-state index in [9.17, 15) is 9.18 Å². The van der Waals surface area contributed by atoms with Crippen molar-refractivity contribution in [2.24, 2.45) is 0 Å². The van der Waals surface area contributed by atoms with Crippen LogP contribution < -0.4 is 5.73 Å². The maximum Gasteiger partial charge on any atom is 0.254 e. The lowest BCUT2D eigenvalue weighted by molar-refractivity contribution is 0.0673. The van der Waals surface area contributed by atoms with Crippen LogP contribution in [0.3, 0.4) is 0 Å². The summed E-state index contributed by atoms with van der Waals surface area (Å²) in [6, 6.07) is 2.74. The molecule has 1 aromatic rings. The molecule has 1 aromatic carbocycles. The van der Waals surface area contributed by atoms with Crippen molar-refractivity contribution in [3.8, 4) is 0 Å². The SMILES string of the molecule is COCCCN(CCOC)C(=O)c1cc(N)c(C)c(F)c1. The van der Waals surface area contributed by atoms with E-state index in [1.807, 2.05) is 0 Å². The lowest BCUT2D eigenvalue weighted by atomic mass is 10.1. The number of benzene rings is 1. The minimum Gasteiger partial charge on any atom is -0.398 e. The number of ether oxygens (including phenoxy) is 2. The number of anilines is 1. The average Bonchev–Trinajstić information content (AvgIpc) is 2.47. The molecule has 0 saturated carbocycles. The summed E-state index contributed by atoms with van der Waals surface area (Å²) in [5.41, 5.74) is 6.62. The molecule has 0 saturated heterocycles. The van der Waals surface area contributed by atoms with Gasteiger partial charge in [-0.3, -0.25) is 4.79 Å². The molecule has 2 N–H and O–H groups in total. The maximum atomic E-state index is 13.7. The van der Waals surface area contributed by atoms with E-state index >= 15 is 0 Å². The van der Waals surface area contributed by atoms with Gasteiger partial charge in [0.15, 0.2) is 0 Å². The smallest absolute Gasteiger partial charge is 0.254 e.